The van der Waals surface area contributed by atoms with Gasteiger partial charge in [-0.05, 0) is 6.92 Å². The molecule has 5 heteroatoms. The fraction of sp³-hybridized carbons (Fsp3) is 0.500. The number of carbonyl (C=O) groups is 1. The van der Waals surface area contributed by atoms with Crippen LogP contribution in [-0.2, 0) is 14.4 Å². The highest BCUT2D eigenvalue weighted by Crippen LogP contribution is 1.93. The van der Waals surface area contributed by atoms with Crippen LogP contribution in [0.2, 0.25) is 0 Å². The Morgan fingerprint density at radius 1 is 1.91 bits per heavy atom. The summed E-state index contributed by atoms with van der Waals surface area (Å²) in [5.74, 6) is -0.748. The first-order valence-corrected chi connectivity index (χ1v) is 2.94. The SMILES string of the molecule is C=NOC(C#N)C(=O)OCC. The minimum atomic E-state index is -1.30. The van der Waals surface area contributed by atoms with Crippen LogP contribution in [0.3, 0.4) is 0 Å². The number of carbonyl (C=O) groups excluding carboxylic acids is 1. The topological polar surface area (TPSA) is 71.7 Å². The Kier molecular flexibility index (Phi) is 4.49. The first-order chi connectivity index (χ1) is 5.26. The van der Waals surface area contributed by atoms with Crippen molar-refractivity contribution in [2.24, 2.45) is 5.16 Å². The van der Waals surface area contributed by atoms with Gasteiger partial charge in [0.1, 0.15) is 6.07 Å². The van der Waals surface area contributed by atoms with Crippen LogP contribution in [-0.4, -0.2) is 25.4 Å². The Labute approximate surface area is 64.2 Å². The number of rotatable bonds is 4. The summed E-state index contributed by atoms with van der Waals surface area (Å²) in [6.45, 7) is 4.80. The van der Waals surface area contributed by atoms with Gasteiger partial charge in [0.05, 0.1) is 6.61 Å². The molecule has 11 heavy (non-hydrogen) atoms. The van der Waals surface area contributed by atoms with Crippen LogP contribution < -0.4 is 0 Å². The summed E-state index contributed by atoms with van der Waals surface area (Å²) in [6, 6.07) is 1.56. The summed E-state index contributed by atoms with van der Waals surface area (Å²) in [5.41, 5.74) is 0. The number of nitrogens with zero attached hydrogens (tertiary/aromatic N) is 2. The van der Waals surface area contributed by atoms with E-state index in [9.17, 15) is 4.79 Å². The van der Waals surface area contributed by atoms with Crippen LogP contribution in [0.25, 0.3) is 0 Å². The Bertz CT molecular complexity index is 185. The van der Waals surface area contributed by atoms with Crippen LogP contribution >= 0.6 is 0 Å². The smallest absolute Gasteiger partial charge is 0.365 e. The molecule has 0 rings (SSSR count). The maximum atomic E-state index is 10.7. The van der Waals surface area contributed by atoms with E-state index in [-0.39, 0.29) is 6.61 Å². The monoisotopic (exact) mass is 156 g/mol. The highest BCUT2D eigenvalue weighted by molar-refractivity contribution is 5.77. The van der Waals surface area contributed by atoms with Gasteiger partial charge in [0.2, 0.25) is 0 Å². The van der Waals surface area contributed by atoms with E-state index >= 15 is 0 Å². The van der Waals surface area contributed by atoms with Gasteiger partial charge in [-0.2, -0.15) is 5.26 Å². The zero-order valence-corrected chi connectivity index (χ0v) is 6.11. The molecule has 0 amide bonds. The Hall–Kier alpha value is -1.57. The lowest BCUT2D eigenvalue weighted by molar-refractivity contribution is -0.152. The fourth-order valence-electron chi connectivity index (χ4n) is 0.412. The largest absolute Gasteiger partial charge is 0.462 e. The van der Waals surface area contributed by atoms with Crippen LogP contribution in [0.15, 0.2) is 5.16 Å². The normalized spacial score (nSPS) is 10.9. The average molecular weight is 156 g/mol. The lowest BCUT2D eigenvalue weighted by Crippen LogP contribution is -2.22. The van der Waals surface area contributed by atoms with Gasteiger partial charge in [0, 0.05) is 6.72 Å². The molecule has 5 nitrogen and oxygen atoms in total. The van der Waals surface area contributed by atoms with Crippen molar-refractivity contribution in [3.05, 3.63) is 0 Å². The molecule has 0 aliphatic rings. The predicted octanol–water partition coefficient (Wildman–Crippen LogP) is 0.0739. The van der Waals surface area contributed by atoms with E-state index in [4.69, 9.17) is 5.26 Å². The number of hydrogen-bond acceptors (Lipinski definition) is 5. The van der Waals surface area contributed by atoms with Crippen LogP contribution in [0, 0.1) is 11.3 Å². The minimum absolute atomic E-state index is 0.206. The van der Waals surface area contributed by atoms with E-state index in [0.29, 0.717) is 0 Å². The van der Waals surface area contributed by atoms with Gasteiger partial charge in [0.25, 0.3) is 0 Å². The molecule has 0 radical (unpaired) electrons. The second kappa shape index (κ2) is 5.23. The zero-order valence-electron chi connectivity index (χ0n) is 6.11. The molecule has 0 saturated heterocycles. The molecule has 1 atom stereocenters. The summed E-state index contributed by atoms with van der Waals surface area (Å²) >= 11 is 0. The number of nitriles is 1. The Morgan fingerprint density at radius 3 is 2.91 bits per heavy atom. The van der Waals surface area contributed by atoms with Gasteiger partial charge < -0.3 is 9.57 Å². The number of ether oxygens (including phenoxy) is 1. The molecule has 0 bridgehead atoms. The minimum Gasteiger partial charge on any atom is -0.462 e. The van der Waals surface area contributed by atoms with Crippen molar-refractivity contribution >= 4 is 12.7 Å². The van der Waals surface area contributed by atoms with Crippen molar-refractivity contribution in [1.82, 2.24) is 0 Å². The van der Waals surface area contributed by atoms with Crippen LogP contribution in [0.4, 0.5) is 0 Å². The second-order valence-corrected chi connectivity index (χ2v) is 1.50. The number of oxime groups is 1. The summed E-state index contributed by atoms with van der Waals surface area (Å²) in [6.07, 6.45) is -1.30. The maximum absolute atomic E-state index is 10.7. The van der Waals surface area contributed by atoms with Gasteiger partial charge in [0.15, 0.2) is 0 Å². The van der Waals surface area contributed by atoms with Crippen molar-refractivity contribution < 1.29 is 14.4 Å². The third-order valence-corrected chi connectivity index (χ3v) is 0.798. The molecular formula is C6H8N2O3. The molecule has 1 unspecified atom stereocenters. The molecule has 0 aliphatic carbocycles. The summed E-state index contributed by atoms with van der Waals surface area (Å²) in [4.78, 5) is 15.0. The van der Waals surface area contributed by atoms with Gasteiger partial charge in [-0.25, -0.2) is 4.79 Å². The van der Waals surface area contributed by atoms with Crippen molar-refractivity contribution in [3.8, 4) is 6.07 Å². The van der Waals surface area contributed by atoms with Crippen molar-refractivity contribution in [2.45, 2.75) is 13.0 Å². The van der Waals surface area contributed by atoms with E-state index in [2.05, 4.69) is 21.4 Å². The highest BCUT2D eigenvalue weighted by atomic mass is 16.7. The van der Waals surface area contributed by atoms with Gasteiger partial charge in [-0.1, -0.05) is 0 Å². The van der Waals surface area contributed by atoms with Crippen LogP contribution in [0.1, 0.15) is 6.92 Å². The predicted molar refractivity (Wildman–Crippen MR) is 36.7 cm³/mol. The molecule has 0 spiro atoms. The molecule has 0 N–H and O–H groups in total. The lowest BCUT2D eigenvalue weighted by atomic mass is 10.4. The second-order valence-electron chi connectivity index (χ2n) is 1.50. The Balaban J connectivity index is 3.94. The van der Waals surface area contributed by atoms with Crippen LogP contribution in [0.5, 0.6) is 0 Å². The molecule has 60 valence electrons. The van der Waals surface area contributed by atoms with Gasteiger partial charge in [-0.3, -0.25) is 0 Å². The van der Waals surface area contributed by atoms with Gasteiger partial charge >= 0.3 is 12.1 Å². The summed E-state index contributed by atoms with van der Waals surface area (Å²) < 4.78 is 4.47. The quantitative estimate of drug-likeness (QED) is 0.328. The van der Waals surface area contributed by atoms with Crippen molar-refractivity contribution in [1.29, 1.82) is 5.26 Å². The first kappa shape index (κ1) is 9.43. The molecule has 0 aromatic heterocycles. The van der Waals surface area contributed by atoms with E-state index in [1.54, 1.807) is 13.0 Å². The molecule has 0 fully saturated rings. The third kappa shape index (κ3) is 3.20. The summed E-state index contributed by atoms with van der Waals surface area (Å²) in [7, 11) is 0. The number of hydrogen-bond donors (Lipinski definition) is 0. The summed E-state index contributed by atoms with van der Waals surface area (Å²) in [5, 5.41) is 11.2. The Morgan fingerprint density at radius 2 is 2.55 bits per heavy atom. The molecule has 0 saturated carbocycles. The van der Waals surface area contributed by atoms with E-state index in [1.165, 1.54) is 0 Å². The average Bonchev–Trinajstić information content (AvgIpc) is 2.00. The van der Waals surface area contributed by atoms with E-state index in [1.807, 2.05) is 0 Å². The third-order valence-electron chi connectivity index (χ3n) is 0.798. The van der Waals surface area contributed by atoms with Crippen molar-refractivity contribution in [2.75, 3.05) is 6.61 Å². The molecule has 0 aromatic rings. The molecule has 0 aromatic carbocycles. The lowest BCUT2D eigenvalue weighted by Gasteiger charge is -2.04. The molecule has 0 heterocycles. The maximum Gasteiger partial charge on any atom is 0.365 e. The van der Waals surface area contributed by atoms with E-state index < -0.39 is 12.1 Å². The van der Waals surface area contributed by atoms with Gasteiger partial charge in [-0.15, -0.1) is 5.16 Å². The first-order valence-electron chi connectivity index (χ1n) is 2.94. The number of esters is 1. The van der Waals surface area contributed by atoms with Crippen molar-refractivity contribution in [3.63, 3.8) is 0 Å². The highest BCUT2D eigenvalue weighted by Gasteiger charge is 2.20. The standard InChI is InChI=1S/C6H8N2O3/c1-3-10-6(9)5(4-7)11-8-2/h5H,2-3H2,1H3. The molecular weight excluding hydrogens is 148 g/mol. The van der Waals surface area contributed by atoms with E-state index in [0.717, 1.165) is 0 Å². The fourth-order valence-corrected chi connectivity index (χ4v) is 0.412. The zero-order chi connectivity index (χ0) is 8.69. The molecule has 0 aliphatic heterocycles.